The molecule has 2 saturated heterocycles. The molecule has 0 bridgehead atoms. The fraction of sp³-hybridized carbons (Fsp3) is 1.00. The number of aliphatic hydroxyl groups excluding tert-OH is 3. The zero-order valence-corrected chi connectivity index (χ0v) is 10.3. The van der Waals surface area contributed by atoms with Gasteiger partial charge in [-0.1, -0.05) is 6.92 Å². The first kappa shape index (κ1) is 13.2. The van der Waals surface area contributed by atoms with E-state index < -0.39 is 12.2 Å². The summed E-state index contributed by atoms with van der Waals surface area (Å²) in [6.45, 7) is 3.73. The highest BCUT2D eigenvalue weighted by molar-refractivity contribution is 4.93. The van der Waals surface area contributed by atoms with Crippen LogP contribution in [0.5, 0.6) is 0 Å². The molecule has 5 atom stereocenters. The van der Waals surface area contributed by atoms with Crippen LogP contribution in [0.3, 0.4) is 0 Å². The SMILES string of the molecule is C[C@H]1[C@H](O)[C@@H](CO)N(CC2CCCO2)C[C@@H]1O. The van der Waals surface area contributed by atoms with Crippen LogP contribution in [-0.4, -0.2) is 70.9 Å². The molecule has 0 saturated carbocycles. The van der Waals surface area contributed by atoms with E-state index >= 15 is 0 Å². The molecule has 0 aromatic carbocycles. The highest BCUT2D eigenvalue weighted by Crippen LogP contribution is 2.25. The van der Waals surface area contributed by atoms with Gasteiger partial charge in [0.25, 0.3) is 0 Å². The summed E-state index contributed by atoms with van der Waals surface area (Å²) in [4.78, 5) is 1.96. The fourth-order valence-electron chi connectivity index (χ4n) is 2.82. The lowest BCUT2D eigenvalue weighted by atomic mass is 9.87. The molecule has 0 aromatic rings. The van der Waals surface area contributed by atoms with Crippen molar-refractivity contribution in [2.24, 2.45) is 5.92 Å². The largest absolute Gasteiger partial charge is 0.395 e. The van der Waals surface area contributed by atoms with Gasteiger partial charge in [-0.2, -0.15) is 0 Å². The van der Waals surface area contributed by atoms with Gasteiger partial charge in [0.1, 0.15) is 0 Å². The van der Waals surface area contributed by atoms with E-state index in [9.17, 15) is 15.3 Å². The van der Waals surface area contributed by atoms with E-state index in [0.717, 1.165) is 19.4 Å². The van der Waals surface area contributed by atoms with Crippen molar-refractivity contribution in [3.63, 3.8) is 0 Å². The van der Waals surface area contributed by atoms with Crippen molar-refractivity contribution < 1.29 is 20.1 Å². The molecule has 17 heavy (non-hydrogen) atoms. The smallest absolute Gasteiger partial charge is 0.0768 e. The number of hydrogen-bond donors (Lipinski definition) is 3. The summed E-state index contributed by atoms with van der Waals surface area (Å²) in [7, 11) is 0. The molecule has 2 aliphatic heterocycles. The van der Waals surface area contributed by atoms with Crippen LogP contribution < -0.4 is 0 Å². The summed E-state index contributed by atoms with van der Waals surface area (Å²) in [5.74, 6) is -0.187. The van der Waals surface area contributed by atoms with E-state index in [4.69, 9.17) is 4.74 Å². The number of hydrogen-bond acceptors (Lipinski definition) is 5. The molecular weight excluding hydrogens is 222 g/mol. The number of nitrogens with zero attached hydrogens (tertiary/aromatic N) is 1. The Labute approximate surface area is 102 Å². The van der Waals surface area contributed by atoms with Crippen molar-refractivity contribution in [2.45, 2.75) is 44.1 Å². The van der Waals surface area contributed by atoms with Gasteiger partial charge in [-0.25, -0.2) is 0 Å². The predicted molar refractivity (Wildman–Crippen MR) is 62.6 cm³/mol. The van der Waals surface area contributed by atoms with Crippen LogP contribution in [0.25, 0.3) is 0 Å². The fourth-order valence-corrected chi connectivity index (χ4v) is 2.82. The maximum Gasteiger partial charge on any atom is 0.0768 e. The van der Waals surface area contributed by atoms with Crippen LogP contribution in [0.1, 0.15) is 19.8 Å². The maximum atomic E-state index is 10.0. The molecule has 0 aliphatic carbocycles. The van der Waals surface area contributed by atoms with Crippen molar-refractivity contribution in [1.82, 2.24) is 4.90 Å². The second kappa shape index (κ2) is 5.63. The molecule has 5 nitrogen and oxygen atoms in total. The Morgan fingerprint density at radius 2 is 2.12 bits per heavy atom. The Balaban J connectivity index is 1.98. The Morgan fingerprint density at radius 1 is 1.35 bits per heavy atom. The summed E-state index contributed by atoms with van der Waals surface area (Å²) >= 11 is 0. The van der Waals surface area contributed by atoms with Crippen LogP contribution >= 0.6 is 0 Å². The third kappa shape index (κ3) is 2.80. The molecule has 2 rings (SSSR count). The standard InChI is InChI=1S/C12H23NO4/c1-8-11(15)6-13(10(7-14)12(8)16)5-9-3-2-4-17-9/h8-12,14-16H,2-7H2,1H3/t8-,9?,10-,11+,12+/m1/s1. The van der Waals surface area contributed by atoms with Gasteiger partial charge in [0, 0.05) is 25.6 Å². The number of piperidine rings is 1. The van der Waals surface area contributed by atoms with E-state index in [-0.39, 0.29) is 24.7 Å². The van der Waals surface area contributed by atoms with Crippen molar-refractivity contribution in [2.75, 3.05) is 26.3 Å². The van der Waals surface area contributed by atoms with Crippen molar-refractivity contribution in [1.29, 1.82) is 0 Å². The molecule has 2 aliphatic rings. The molecular formula is C12H23NO4. The van der Waals surface area contributed by atoms with E-state index in [1.54, 1.807) is 0 Å². The highest BCUT2D eigenvalue weighted by atomic mass is 16.5. The van der Waals surface area contributed by atoms with Crippen molar-refractivity contribution in [3.05, 3.63) is 0 Å². The molecule has 2 fully saturated rings. The molecule has 0 aromatic heterocycles. The van der Waals surface area contributed by atoms with Gasteiger partial charge in [-0.3, -0.25) is 4.90 Å². The minimum atomic E-state index is -0.676. The average molecular weight is 245 g/mol. The van der Waals surface area contributed by atoms with Crippen LogP contribution in [-0.2, 0) is 4.74 Å². The molecule has 0 radical (unpaired) electrons. The minimum Gasteiger partial charge on any atom is -0.395 e. The zero-order chi connectivity index (χ0) is 12.4. The van der Waals surface area contributed by atoms with Gasteiger partial charge in [-0.15, -0.1) is 0 Å². The Hall–Kier alpha value is -0.200. The second-order valence-electron chi connectivity index (χ2n) is 5.26. The second-order valence-corrected chi connectivity index (χ2v) is 5.26. The Morgan fingerprint density at radius 3 is 2.71 bits per heavy atom. The van der Waals surface area contributed by atoms with Crippen LogP contribution in [0.15, 0.2) is 0 Å². The molecule has 0 spiro atoms. The topological polar surface area (TPSA) is 73.2 Å². The van der Waals surface area contributed by atoms with Gasteiger partial charge in [0.05, 0.1) is 31.0 Å². The summed E-state index contributed by atoms with van der Waals surface area (Å²) < 4.78 is 5.56. The first-order valence-electron chi connectivity index (χ1n) is 6.46. The van der Waals surface area contributed by atoms with Gasteiger partial charge < -0.3 is 20.1 Å². The van der Waals surface area contributed by atoms with E-state index in [1.165, 1.54) is 0 Å². The van der Waals surface area contributed by atoms with E-state index in [1.807, 2.05) is 11.8 Å². The number of β-amino-alcohol motifs (C(OH)–C–C–N with tert-alkyl or cyclic N) is 1. The van der Waals surface area contributed by atoms with Gasteiger partial charge in [-0.05, 0) is 12.8 Å². The maximum absolute atomic E-state index is 10.0. The van der Waals surface area contributed by atoms with Crippen LogP contribution in [0, 0.1) is 5.92 Å². The lowest BCUT2D eigenvalue weighted by molar-refractivity contribution is -0.111. The predicted octanol–water partition coefficient (Wildman–Crippen LogP) is -0.800. The van der Waals surface area contributed by atoms with Crippen LogP contribution in [0.2, 0.25) is 0 Å². The highest BCUT2D eigenvalue weighted by Gasteiger charge is 2.40. The van der Waals surface area contributed by atoms with Gasteiger partial charge in [0.15, 0.2) is 0 Å². The van der Waals surface area contributed by atoms with Crippen LogP contribution in [0.4, 0.5) is 0 Å². The number of likely N-dealkylation sites (tertiary alicyclic amines) is 1. The Bertz CT molecular complexity index is 245. The van der Waals surface area contributed by atoms with E-state index in [2.05, 4.69) is 0 Å². The normalized spacial score (nSPS) is 44.1. The first-order chi connectivity index (χ1) is 8.13. The summed E-state index contributed by atoms with van der Waals surface area (Å²) in [5, 5.41) is 29.3. The average Bonchev–Trinajstić information content (AvgIpc) is 2.79. The molecule has 1 unspecified atom stereocenters. The number of aliphatic hydroxyl groups is 3. The zero-order valence-electron chi connectivity index (χ0n) is 10.3. The lowest BCUT2D eigenvalue weighted by Gasteiger charge is -2.44. The molecule has 100 valence electrons. The van der Waals surface area contributed by atoms with Gasteiger partial charge in [0.2, 0.25) is 0 Å². The van der Waals surface area contributed by atoms with E-state index in [0.29, 0.717) is 13.1 Å². The number of ether oxygens (including phenoxy) is 1. The summed E-state index contributed by atoms with van der Waals surface area (Å²) in [6, 6.07) is -0.280. The lowest BCUT2D eigenvalue weighted by Crippen LogP contribution is -2.60. The van der Waals surface area contributed by atoms with Crippen molar-refractivity contribution in [3.8, 4) is 0 Å². The Kier molecular flexibility index (Phi) is 4.38. The monoisotopic (exact) mass is 245 g/mol. The molecule has 3 N–H and O–H groups in total. The molecule has 2 heterocycles. The third-order valence-electron chi connectivity index (χ3n) is 4.08. The van der Waals surface area contributed by atoms with Gasteiger partial charge >= 0.3 is 0 Å². The quantitative estimate of drug-likeness (QED) is 0.607. The third-order valence-corrected chi connectivity index (χ3v) is 4.08. The summed E-state index contributed by atoms with van der Waals surface area (Å²) in [5.41, 5.74) is 0. The minimum absolute atomic E-state index is 0.0784. The molecule has 5 heteroatoms. The summed E-state index contributed by atoms with van der Waals surface area (Å²) in [6.07, 6.45) is 1.07. The number of rotatable bonds is 3. The van der Waals surface area contributed by atoms with Crippen molar-refractivity contribution >= 4 is 0 Å². The first-order valence-corrected chi connectivity index (χ1v) is 6.46. The molecule has 0 amide bonds.